The van der Waals surface area contributed by atoms with Gasteiger partial charge in [-0.1, -0.05) is 6.07 Å². The maximum absolute atomic E-state index is 15.3. The van der Waals surface area contributed by atoms with Crippen LogP contribution in [0.4, 0.5) is 13.2 Å². The van der Waals surface area contributed by atoms with Gasteiger partial charge in [0.05, 0.1) is 12.7 Å². The number of hydrogen-bond acceptors (Lipinski definition) is 6. The van der Waals surface area contributed by atoms with E-state index in [4.69, 9.17) is 4.74 Å². The van der Waals surface area contributed by atoms with Crippen molar-refractivity contribution in [3.8, 4) is 0 Å². The number of carbonyl (C=O) groups is 1. The highest BCUT2D eigenvalue weighted by molar-refractivity contribution is 7.11. The van der Waals surface area contributed by atoms with E-state index in [0.29, 0.717) is 5.01 Å². The van der Waals surface area contributed by atoms with Gasteiger partial charge in [0, 0.05) is 28.4 Å². The van der Waals surface area contributed by atoms with Crippen LogP contribution in [0.5, 0.6) is 0 Å². The molecule has 0 radical (unpaired) electrons. The molecular formula is C18H12F3N3O2S. The highest BCUT2D eigenvalue weighted by Gasteiger charge is 2.53. The molecule has 1 unspecified atom stereocenters. The number of halogens is 3. The van der Waals surface area contributed by atoms with Gasteiger partial charge in [-0.15, -0.1) is 11.3 Å². The second-order valence-electron chi connectivity index (χ2n) is 5.94. The number of methoxy groups -OCH3 is 1. The monoisotopic (exact) mass is 391 g/mol. The number of esters is 1. The van der Waals surface area contributed by atoms with Crippen molar-refractivity contribution in [3.05, 3.63) is 68.6 Å². The number of thiazole rings is 1. The molecule has 138 valence electrons. The van der Waals surface area contributed by atoms with E-state index < -0.39 is 29.0 Å². The van der Waals surface area contributed by atoms with Crippen LogP contribution in [0.2, 0.25) is 0 Å². The lowest BCUT2D eigenvalue weighted by molar-refractivity contribution is -0.137. The normalized spacial score (nSPS) is 20.9. The molecule has 1 atom stereocenters. The minimum atomic E-state index is -1.96. The highest BCUT2D eigenvalue weighted by atomic mass is 32.1. The average Bonchev–Trinajstić information content (AvgIpc) is 3.26. The molecule has 1 spiro atoms. The summed E-state index contributed by atoms with van der Waals surface area (Å²) in [6.45, 7) is 1.56. The maximum atomic E-state index is 15.3. The molecule has 2 aromatic rings. The molecule has 0 saturated heterocycles. The molecule has 1 aromatic carbocycles. The van der Waals surface area contributed by atoms with Crippen molar-refractivity contribution in [2.75, 3.05) is 7.11 Å². The van der Waals surface area contributed by atoms with Gasteiger partial charge in [-0.25, -0.2) is 27.9 Å². The summed E-state index contributed by atoms with van der Waals surface area (Å²) >= 11 is 1.26. The van der Waals surface area contributed by atoms with Crippen LogP contribution < -0.4 is 5.32 Å². The minimum absolute atomic E-state index is 0.0224. The van der Waals surface area contributed by atoms with E-state index in [9.17, 15) is 13.6 Å². The summed E-state index contributed by atoms with van der Waals surface area (Å²) < 4.78 is 48.1. The largest absolute Gasteiger partial charge is 0.466 e. The summed E-state index contributed by atoms with van der Waals surface area (Å²) in [6.07, 6.45) is 2.41. The Morgan fingerprint density at radius 2 is 2.07 bits per heavy atom. The molecule has 9 heteroatoms. The molecule has 5 nitrogen and oxygen atoms in total. The van der Waals surface area contributed by atoms with Gasteiger partial charge >= 0.3 is 5.97 Å². The molecule has 1 aromatic heterocycles. The standard InChI is InChI=1S/C18H12F3N3O2S/c1-8-13(17(25)26-2)18(24-15(23-8)16-22-5-6-27-16)10-3-4-11(19)14(21)9(10)7-12(18)20/h3-7H,1-2H3,(H,23,24). The lowest BCUT2D eigenvalue weighted by Crippen LogP contribution is -2.42. The van der Waals surface area contributed by atoms with Gasteiger partial charge in [-0.05, 0) is 19.1 Å². The molecule has 27 heavy (non-hydrogen) atoms. The molecule has 1 N–H and O–H groups in total. The third-order valence-electron chi connectivity index (χ3n) is 4.49. The average molecular weight is 391 g/mol. The smallest absolute Gasteiger partial charge is 0.338 e. The van der Waals surface area contributed by atoms with E-state index in [1.54, 1.807) is 18.5 Å². The van der Waals surface area contributed by atoms with E-state index in [1.165, 1.54) is 17.4 Å². The fourth-order valence-electron chi connectivity index (χ4n) is 3.36. The van der Waals surface area contributed by atoms with Crippen molar-refractivity contribution in [1.29, 1.82) is 0 Å². The summed E-state index contributed by atoms with van der Waals surface area (Å²) in [5.41, 5.74) is -2.08. The Balaban J connectivity index is 2.05. The first-order chi connectivity index (χ1) is 12.9. The van der Waals surface area contributed by atoms with Gasteiger partial charge < -0.3 is 10.1 Å². The van der Waals surface area contributed by atoms with Crippen molar-refractivity contribution in [1.82, 2.24) is 10.3 Å². The van der Waals surface area contributed by atoms with Crippen LogP contribution in [-0.4, -0.2) is 23.9 Å². The number of fused-ring (bicyclic) bond motifs is 2. The van der Waals surface area contributed by atoms with E-state index in [0.717, 1.165) is 19.3 Å². The molecule has 0 amide bonds. The number of aliphatic imine (C=N–C) groups is 1. The first-order valence-corrected chi connectivity index (χ1v) is 8.70. The van der Waals surface area contributed by atoms with Gasteiger partial charge in [0.25, 0.3) is 0 Å². The van der Waals surface area contributed by atoms with Gasteiger partial charge in [0.15, 0.2) is 28.0 Å². The fourth-order valence-corrected chi connectivity index (χ4v) is 3.94. The topological polar surface area (TPSA) is 63.6 Å². The van der Waals surface area contributed by atoms with Crippen molar-refractivity contribution in [3.63, 3.8) is 0 Å². The van der Waals surface area contributed by atoms with Crippen LogP contribution in [0.25, 0.3) is 6.08 Å². The zero-order valence-electron chi connectivity index (χ0n) is 14.1. The molecule has 1 aliphatic heterocycles. The minimum Gasteiger partial charge on any atom is -0.466 e. The van der Waals surface area contributed by atoms with Crippen molar-refractivity contribution < 1.29 is 22.7 Å². The summed E-state index contributed by atoms with van der Waals surface area (Å²) in [5, 5.41) is 5.10. The lowest BCUT2D eigenvalue weighted by atomic mass is 9.81. The molecule has 0 saturated carbocycles. The third kappa shape index (κ3) is 2.34. The summed E-state index contributed by atoms with van der Waals surface area (Å²) in [5.74, 6) is -3.84. The number of carbonyl (C=O) groups excluding carboxylic acids is 1. The Bertz CT molecular complexity index is 1060. The number of aromatic nitrogens is 1. The van der Waals surface area contributed by atoms with Gasteiger partial charge in [-0.3, -0.25) is 0 Å². The zero-order chi connectivity index (χ0) is 19.3. The lowest BCUT2D eigenvalue weighted by Gasteiger charge is -2.34. The highest BCUT2D eigenvalue weighted by Crippen LogP contribution is 2.52. The maximum Gasteiger partial charge on any atom is 0.338 e. The van der Waals surface area contributed by atoms with Crippen LogP contribution >= 0.6 is 11.3 Å². The van der Waals surface area contributed by atoms with Crippen LogP contribution in [0.3, 0.4) is 0 Å². The van der Waals surface area contributed by atoms with Crippen LogP contribution in [0.15, 0.2) is 45.8 Å². The quantitative estimate of drug-likeness (QED) is 0.797. The summed E-state index contributed by atoms with van der Waals surface area (Å²) in [6, 6.07) is 2.11. The van der Waals surface area contributed by atoms with Crippen LogP contribution in [0, 0.1) is 11.6 Å². The van der Waals surface area contributed by atoms with Gasteiger partial charge in [0.1, 0.15) is 5.83 Å². The summed E-state index contributed by atoms with van der Waals surface area (Å²) in [7, 11) is 1.15. The third-order valence-corrected chi connectivity index (χ3v) is 5.27. The Morgan fingerprint density at radius 3 is 2.74 bits per heavy atom. The first-order valence-electron chi connectivity index (χ1n) is 7.82. The zero-order valence-corrected chi connectivity index (χ0v) is 15.0. The van der Waals surface area contributed by atoms with Crippen LogP contribution in [0.1, 0.15) is 23.1 Å². The van der Waals surface area contributed by atoms with Crippen molar-refractivity contribution >= 4 is 29.2 Å². The van der Waals surface area contributed by atoms with E-state index >= 15 is 4.39 Å². The number of nitrogens with one attached hydrogen (secondary N) is 1. The number of rotatable bonds is 2. The molecule has 2 heterocycles. The van der Waals surface area contributed by atoms with E-state index in [2.05, 4.69) is 15.3 Å². The van der Waals surface area contributed by atoms with Gasteiger partial charge in [0.2, 0.25) is 0 Å². The van der Waals surface area contributed by atoms with Crippen molar-refractivity contribution in [2.24, 2.45) is 4.99 Å². The number of ether oxygens (including phenoxy) is 1. The molecule has 1 aliphatic carbocycles. The predicted octanol–water partition coefficient (Wildman–Crippen LogP) is 3.44. The summed E-state index contributed by atoms with van der Waals surface area (Å²) in [4.78, 5) is 21.0. The Hall–Kier alpha value is -2.94. The number of amidine groups is 1. The number of benzene rings is 1. The Morgan fingerprint density at radius 1 is 1.30 bits per heavy atom. The molecule has 0 bridgehead atoms. The van der Waals surface area contributed by atoms with Gasteiger partial charge in [-0.2, -0.15) is 0 Å². The number of nitrogens with zero attached hydrogens (tertiary/aromatic N) is 2. The van der Waals surface area contributed by atoms with Crippen LogP contribution in [-0.2, 0) is 15.1 Å². The SMILES string of the molecule is COC(=O)C1=C(C)NC(c2nccs2)=NC12C(F)=Cc1c2ccc(F)c1F. The number of allylic oxidation sites excluding steroid dienone is 1. The Labute approximate surface area is 155 Å². The predicted molar refractivity (Wildman–Crippen MR) is 93.6 cm³/mol. The molecular weight excluding hydrogens is 379 g/mol. The Kier molecular flexibility index (Phi) is 3.92. The van der Waals surface area contributed by atoms with Crippen molar-refractivity contribution in [2.45, 2.75) is 12.5 Å². The second-order valence-corrected chi connectivity index (χ2v) is 6.83. The van der Waals surface area contributed by atoms with E-state index in [1.807, 2.05) is 0 Å². The first kappa shape index (κ1) is 17.5. The fraction of sp³-hybridized carbons (Fsp3) is 0.167. The molecule has 0 fully saturated rings. The molecule has 4 rings (SSSR count). The second kappa shape index (κ2) is 6.05. The number of hydrogen-bond donors (Lipinski definition) is 1. The van der Waals surface area contributed by atoms with E-state index in [-0.39, 0.29) is 28.2 Å². The molecule has 2 aliphatic rings.